The van der Waals surface area contributed by atoms with Gasteiger partial charge in [-0.25, -0.2) is 0 Å². The third kappa shape index (κ3) is 4.07. The number of nitrogens with zero attached hydrogens (tertiary/aromatic N) is 1. The molecule has 2 aliphatic rings. The van der Waals surface area contributed by atoms with E-state index in [4.69, 9.17) is 9.47 Å². The van der Waals surface area contributed by atoms with Crippen molar-refractivity contribution in [1.29, 1.82) is 0 Å². The molecule has 1 saturated heterocycles. The molecule has 0 unspecified atom stereocenters. The third-order valence-corrected chi connectivity index (χ3v) is 5.17. The molecule has 2 atom stereocenters. The van der Waals surface area contributed by atoms with E-state index in [0.29, 0.717) is 6.54 Å². The topological polar surface area (TPSA) is 71.0 Å². The van der Waals surface area contributed by atoms with Gasteiger partial charge in [0.05, 0.1) is 6.10 Å². The smallest absolute Gasteiger partial charge is 0.231 e. The Kier molecular flexibility index (Phi) is 5.01. The summed E-state index contributed by atoms with van der Waals surface area (Å²) in [7, 11) is 0. The number of β-amino-alcohol motifs (C(OH)–C–C–N with tert-alkyl or cyclic N) is 1. The van der Waals surface area contributed by atoms with Gasteiger partial charge in [-0.15, -0.1) is 0 Å². The SMILES string of the molecule is CC(=O)Nc1ccc(CN2CC[C@@H](c3ccc4c(c3)OCO4)[C@H](O)C2)cc1. The molecule has 1 fully saturated rings. The van der Waals surface area contributed by atoms with Crippen LogP contribution in [0.5, 0.6) is 11.5 Å². The Morgan fingerprint density at radius 1 is 1.19 bits per heavy atom. The Morgan fingerprint density at radius 3 is 2.70 bits per heavy atom. The van der Waals surface area contributed by atoms with Crippen molar-refractivity contribution in [3.63, 3.8) is 0 Å². The number of hydrogen-bond acceptors (Lipinski definition) is 5. The second-order valence-electron chi connectivity index (χ2n) is 7.19. The molecular weight excluding hydrogens is 344 g/mol. The number of hydrogen-bond donors (Lipinski definition) is 2. The average Bonchev–Trinajstić information content (AvgIpc) is 3.11. The summed E-state index contributed by atoms with van der Waals surface area (Å²) in [5, 5.41) is 13.5. The van der Waals surface area contributed by atoms with Gasteiger partial charge < -0.3 is 19.9 Å². The van der Waals surface area contributed by atoms with E-state index in [9.17, 15) is 9.90 Å². The highest BCUT2D eigenvalue weighted by Crippen LogP contribution is 2.37. The van der Waals surface area contributed by atoms with Gasteiger partial charge in [-0.05, 0) is 48.4 Å². The molecule has 4 rings (SSSR count). The highest BCUT2D eigenvalue weighted by atomic mass is 16.7. The molecule has 0 saturated carbocycles. The van der Waals surface area contributed by atoms with Crippen molar-refractivity contribution in [1.82, 2.24) is 4.90 Å². The highest BCUT2D eigenvalue weighted by Gasteiger charge is 2.30. The summed E-state index contributed by atoms with van der Waals surface area (Å²) in [6, 6.07) is 13.8. The predicted octanol–water partition coefficient (Wildman–Crippen LogP) is 2.72. The first-order valence-electron chi connectivity index (χ1n) is 9.25. The van der Waals surface area contributed by atoms with Gasteiger partial charge in [-0.1, -0.05) is 18.2 Å². The van der Waals surface area contributed by atoms with Crippen molar-refractivity contribution in [3.05, 3.63) is 53.6 Å². The number of nitrogens with one attached hydrogen (secondary N) is 1. The predicted molar refractivity (Wildman–Crippen MR) is 102 cm³/mol. The summed E-state index contributed by atoms with van der Waals surface area (Å²) >= 11 is 0. The van der Waals surface area contributed by atoms with Gasteiger partial charge in [0.25, 0.3) is 0 Å². The number of piperidine rings is 1. The Balaban J connectivity index is 1.36. The first-order chi connectivity index (χ1) is 13.1. The van der Waals surface area contributed by atoms with Crippen molar-refractivity contribution < 1.29 is 19.4 Å². The van der Waals surface area contributed by atoms with Gasteiger partial charge in [-0.2, -0.15) is 0 Å². The molecule has 2 aromatic carbocycles. The van der Waals surface area contributed by atoms with E-state index in [0.717, 1.165) is 47.8 Å². The minimum atomic E-state index is -0.419. The Morgan fingerprint density at radius 2 is 1.96 bits per heavy atom. The van der Waals surface area contributed by atoms with Crippen LogP contribution in [0.4, 0.5) is 5.69 Å². The fraction of sp³-hybridized carbons (Fsp3) is 0.381. The number of aliphatic hydroxyl groups excluding tert-OH is 1. The van der Waals surface area contributed by atoms with E-state index < -0.39 is 6.10 Å². The number of carbonyl (C=O) groups is 1. The molecule has 0 aromatic heterocycles. The molecule has 0 spiro atoms. The van der Waals surface area contributed by atoms with Gasteiger partial charge in [-0.3, -0.25) is 9.69 Å². The van der Waals surface area contributed by atoms with E-state index in [1.54, 1.807) is 0 Å². The normalized spacial score (nSPS) is 21.9. The Labute approximate surface area is 158 Å². The van der Waals surface area contributed by atoms with Crippen molar-refractivity contribution in [2.75, 3.05) is 25.2 Å². The zero-order valence-corrected chi connectivity index (χ0v) is 15.4. The molecule has 2 aliphatic heterocycles. The molecule has 2 heterocycles. The van der Waals surface area contributed by atoms with E-state index in [1.807, 2.05) is 42.5 Å². The minimum absolute atomic E-state index is 0.0727. The largest absolute Gasteiger partial charge is 0.454 e. The summed E-state index contributed by atoms with van der Waals surface area (Å²) in [4.78, 5) is 13.4. The molecule has 142 valence electrons. The van der Waals surface area contributed by atoms with Crippen molar-refractivity contribution in [2.45, 2.75) is 31.9 Å². The highest BCUT2D eigenvalue weighted by molar-refractivity contribution is 5.88. The Hall–Kier alpha value is -2.57. The lowest BCUT2D eigenvalue weighted by Gasteiger charge is -2.36. The third-order valence-electron chi connectivity index (χ3n) is 5.17. The van der Waals surface area contributed by atoms with Crippen molar-refractivity contribution in [2.24, 2.45) is 0 Å². The molecule has 0 aliphatic carbocycles. The number of amides is 1. The average molecular weight is 368 g/mol. The first-order valence-corrected chi connectivity index (χ1v) is 9.25. The lowest BCUT2D eigenvalue weighted by Crippen LogP contribution is -2.42. The van der Waals surface area contributed by atoms with Crippen LogP contribution in [-0.2, 0) is 11.3 Å². The number of anilines is 1. The number of ether oxygens (including phenoxy) is 2. The zero-order valence-electron chi connectivity index (χ0n) is 15.4. The van der Waals surface area contributed by atoms with Gasteiger partial charge in [0.1, 0.15) is 0 Å². The molecule has 0 bridgehead atoms. The maximum absolute atomic E-state index is 11.1. The maximum atomic E-state index is 11.1. The molecule has 2 aromatic rings. The van der Waals surface area contributed by atoms with Crippen LogP contribution in [0.3, 0.4) is 0 Å². The molecule has 1 amide bonds. The fourth-order valence-corrected chi connectivity index (χ4v) is 3.83. The quantitative estimate of drug-likeness (QED) is 0.868. The summed E-state index contributed by atoms with van der Waals surface area (Å²) in [6.45, 7) is 4.10. The second-order valence-corrected chi connectivity index (χ2v) is 7.19. The van der Waals surface area contributed by atoms with Crippen LogP contribution in [0.1, 0.15) is 30.4 Å². The number of rotatable bonds is 4. The van der Waals surface area contributed by atoms with Crippen LogP contribution >= 0.6 is 0 Å². The molecule has 27 heavy (non-hydrogen) atoms. The molecule has 0 radical (unpaired) electrons. The lowest BCUT2D eigenvalue weighted by molar-refractivity contribution is -0.114. The fourth-order valence-electron chi connectivity index (χ4n) is 3.83. The summed E-state index contributed by atoms with van der Waals surface area (Å²) in [5.41, 5.74) is 3.07. The minimum Gasteiger partial charge on any atom is -0.454 e. The number of fused-ring (bicyclic) bond motifs is 1. The summed E-state index contributed by atoms with van der Waals surface area (Å²) in [6.07, 6.45) is 0.475. The van der Waals surface area contributed by atoms with Crippen molar-refractivity contribution >= 4 is 11.6 Å². The molecular formula is C21H24N2O4. The number of benzene rings is 2. The lowest BCUT2D eigenvalue weighted by atomic mass is 9.86. The van der Waals surface area contributed by atoms with Crippen LogP contribution in [-0.4, -0.2) is 41.9 Å². The van der Waals surface area contributed by atoms with Crippen LogP contribution in [0.15, 0.2) is 42.5 Å². The van der Waals surface area contributed by atoms with Crippen molar-refractivity contribution in [3.8, 4) is 11.5 Å². The monoisotopic (exact) mass is 368 g/mol. The Bertz CT molecular complexity index is 821. The van der Waals surface area contributed by atoms with E-state index in [1.165, 1.54) is 6.92 Å². The summed E-state index contributed by atoms with van der Waals surface area (Å²) < 4.78 is 10.8. The number of carbonyl (C=O) groups excluding carboxylic acids is 1. The number of aliphatic hydroxyl groups is 1. The zero-order chi connectivity index (χ0) is 18.8. The van der Waals surface area contributed by atoms with E-state index in [2.05, 4.69) is 10.2 Å². The number of likely N-dealkylation sites (tertiary alicyclic amines) is 1. The molecule has 6 heteroatoms. The van der Waals surface area contributed by atoms with Crippen LogP contribution in [0, 0.1) is 0 Å². The molecule has 2 N–H and O–H groups in total. The van der Waals surface area contributed by atoms with Crippen LogP contribution in [0.25, 0.3) is 0 Å². The van der Waals surface area contributed by atoms with Gasteiger partial charge >= 0.3 is 0 Å². The van der Waals surface area contributed by atoms with Gasteiger partial charge in [0.2, 0.25) is 12.7 Å². The standard InChI is InChI=1S/C21H24N2O4/c1-14(24)22-17-5-2-15(3-6-17)11-23-9-8-18(19(25)12-23)16-4-7-20-21(10-16)27-13-26-20/h2-7,10,18-19,25H,8-9,11-13H2,1H3,(H,22,24)/t18-,19+/m0/s1. The van der Waals surface area contributed by atoms with Crippen LogP contribution < -0.4 is 14.8 Å². The second kappa shape index (κ2) is 7.58. The van der Waals surface area contributed by atoms with Gasteiger partial charge in [0, 0.05) is 31.6 Å². The molecule has 6 nitrogen and oxygen atoms in total. The van der Waals surface area contributed by atoms with E-state index in [-0.39, 0.29) is 18.6 Å². The maximum Gasteiger partial charge on any atom is 0.231 e. The first kappa shape index (κ1) is 17.8. The van der Waals surface area contributed by atoms with E-state index >= 15 is 0 Å². The summed E-state index contributed by atoms with van der Waals surface area (Å²) in [5.74, 6) is 1.57. The van der Waals surface area contributed by atoms with Gasteiger partial charge in [0.15, 0.2) is 11.5 Å². The van der Waals surface area contributed by atoms with Crippen LogP contribution in [0.2, 0.25) is 0 Å².